The lowest BCUT2D eigenvalue weighted by Gasteiger charge is -2.08. The minimum absolute atomic E-state index is 0.119. The molecular weight excluding hydrogens is 284 g/mol. The van der Waals surface area contributed by atoms with Gasteiger partial charge in [0, 0.05) is 0 Å². The number of carbonyl (C=O) groups is 1. The van der Waals surface area contributed by atoms with E-state index in [1.807, 2.05) is 0 Å². The normalized spacial score (nSPS) is 10.4. The molecule has 2 rings (SSSR count). The molecule has 0 fully saturated rings. The number of methoxy groups -OCH3 is 1. The molecule has 110 valence electrons. The van der Waals surface area contributed by atoms with Crippen LogP contribution >= 0.6 is 0 Å². The number of ether oxygens (including phenoxy) is 1. The Bertz CT molecular complexity index is 735. The van der Waals surface area contributed by atoms with E-state index in [1.165, 1.54) is 6.20 Å². The van der Waals surface area contributed by atoms with Gasteiger partial charge >= 0.3 is 11.7 Å². The van der Waals surface area contributed by atoms with Gasteiger partial charge in [-0.1, -0.05) is 0 Å². The summed E-state index contributed by atoms with van der Waals surface area (Å²) in [5.74, 6) is -2.60. The van der Waals surface area contributed by atoms with Gasteiger partial charge in [-0.05, 0) is 13.0 Å². The van der Waals surface area contributed by atoms with Crippen molar-refractivity contribution in [2.45, 2.75) is 6.92 Å². The van der Waals surface area contributed by atoms with Crippen LogP contribution in [0, 0.1) is 17.0 Å². The highest BCUT2D eigenvalue weighted by atomic mass is 16.6. The minimum Gasteiger partial charge on any atom is -0.504 e. The van der Waals surface area contributed by atoms with E-state index in [0.717, 1.165) is 13.2 Å². The van der Waals surface area contributed by atoms with E-state index >= 15 is 0 Å². The summed E-state index contributed by atoms with van der Waals surface area (Å²) < 4.78 is 9.69. The molecule has 0 aliphatic heterocycles. The highest BCUT2D eigenvalue weighted by Gasteiger charge is 2.34. The van der Waals surface area contributed by atoms with Gasteiger partial charge in [-0.3, -0.25) is 10.1 Å². The average Bonchev–Trinajstić information content (AvgIpc) is 2.86. The summed E-state index contributed by atoms with van der Waals surface area (Å²) >= 11 is 0. The standard InChI is InChI=1S/C12H10N2O7/c1-5-4-13-11(21-5)6-3-7(15)10(16)9(14(18)19)8(6)12(17)20-2/h3-4,15-16H,1-2H3. The van der Waals surface area contributed by atoms with Crippen LogP contribution < -0.4 is 0 Å². The highest BCUT2D eigenvalue weighted by molar-refractivity contribution is 6.02. The number of aromatic nitrogens is 1. The molecule has 0 aliphatic carbocycles. The number of benzene rings is 1. The van der Waals surface area contributed by atoms with Crippen molar-refractivity contribution in [1.82, 2.24) is 4.98 Å². The molecule has 21 heavy (non-hydrogen) atoms. The van der Waals surface area contributed by atoms with E-state index in [-0.39, 0.29) is 11.5 Å². The summed E-state index contributed by atoms with van der Waals surface area (Å²) in [5, 5.41) is 30.3. The average molecular weight is 294 g/mol. The summed E-state index contributed by atoms with van der Waals surface area (Å²) in [6.07, 6.45) is 1.34. The van der Waals surface area contributed by atoms with Crippen LogP contribution in [0.4, 0.5) is 5.69 Å². The second kappa shape index (κ2) is 5.12. The number of rotatable bonds is 3. The molecule has 9 nitrogen and oxygen atoms in total. The molecule has 0 saturated heterocycles. The predicted octanol–water partition coefficient (Wildman–Crippen LogP) is 1.76. The summed E-state index contributed by atoms with van der Waals surface area (Å²) in [6.45, 7) is 1.59. The van der Waals surface area contributed by atoms with Crippen molar-refractivity contribution in [1.29, 1.82) is 0 Å². The van der Waals surface area contributed by atoms with E-state index in [1.54, 1.807) is 6.92 Å². The molecule has 0 saturated carbocycles. The van der Waals surface area contributed by atoms with Crippen molar-refractivity contribution in [3.05, 3.63) is 33.7 Å². The first-order chi connectivity index (χ1) is 9.86. The number of aryl methyl sites for hydroxylation is 1. The van der Waals surface area contributed by atoms with Crippen LogP contribution in [0.1, 0.15) is 16.1 Å². The third kappa shape index (κ3) is 2.36. The van der Waals surface area contributed by atoms with Gasteiger partial charge in [0.2, 0.25) is 11.6 Å². The van der Waals surface area contributed by atoms with E-state index in [9.17, 15) is 25.1 Å². The van der Waals surface area contributed by atoms with E-state index in [4.69, 9.17) is 4.42 Å². The lowest BCUT2D eigenvalue weighted by atomic mass is 10.0. The molecule has 0 atom stereocenters. The molecule has 2 N–H and O–H groups in total. The fourth-order valence-corrected chi connectivity index (χ4v) is 1.78. The van der Waals surface area contributed by atoms with Crippen molar-refractivity contribution in [2.75, 3.05) is 7.11 Å². The van der Waals surface area contributed by atoms with Crippen molar-refractivity contribution < 1.29 is 29.1 Å². The Kier molecular flexibility index (Phi) is 3.49. The molecular formula is C12H10N2O7. The Balaban J connectivity index is 2.86. The summed E-state index contributed by atoms with van der Waals surface area (Å²) in [5.41, 5.74) is -1.69. The van der Waals surface area contributed by atoms with Gasteiger partial charge in [0.1, 0.15) is 5.76 Å². The van der Waals surface area contributed by atoms with E-state index in [0.29, 0.717) is 5.76 Å². The number of hydrogen-bond acceptors (Lipinski definition) is 8. The Hall–Kier alpha value is -3.10. The van der Waals surface area contributed by atoms with Crippen LogP contribution in [0.5, 0.6) is 11.5 Å². The number of esters is 1. The lowest BCUT2D eigenvalue weighted by Crippen LogP contribution is -2.08. The van der Waals surface area contributed by atoms with Gasteiger partial charge in [-0.2, -0.15) is 0 Å². The van der Waals surface area contributed by atoms with Crippen molar-refractivity contribution in [2.24, 2.45) is 0 Å². The first kappa shape index (κ1) is 14.3. The molecule has 1 heterocycles. The topological polar surface area (TPSA) is 136 Å². The SMILES string of the molecule is COC(=O)c1c(-c2ncc(C)o2)cc(O)c(O)c1[N+](=O)[O-]. The van der Waals surface area contributed by atoms with Crippen LogP contribution in [-0.2, 0) is 4.74 Å². The zero-order valence-corrected chi connectivity index (χ0v) is 11.0. The molecule has 0 bridgehead atoms. The molecule has 0 aliphatic rings. The fraction of sp³-hybridized carbons (Fsp3) is 0.167. The van der Waals surface area contributed by atoms with Gasteiger partial charge in [-0.25, -0.2) is 9.78 Å². The van der Waals surface area contributed by atoms with E-state index in [2.05, 4.69) is 9.72 Å². The quantitative estimate of drug-likeness (QED) is 0.378. The fourth-order valence-electron chi connectivity index (χ4n) is 1.78. The molecule has 1 aromatic heterocycles. The van der Waals surface area contributed by atoms with Crippen molar-refractivity contribution in [3.63, 3.8) is 0 Å². The van der Waals surface area contributed by atoms with Gasteiger partial charge < -0.3 is 19.4 Å². The smallest absolute Gasteiger partial charge is 0.345 e. The molecule has 0 spiro atoms. The zero-order chi connectivity index (χ0) is 15.7. The number of nitrogens with zero attached hydrogens (tertiary/aromatic N) is 2. The number of hydrogen-bond donors (Lipinski definition) is 2. The summed E-state index contributed by atoms with van der Waals surface area (Å²) in [6, 6.07) is 0.944. The number of aromatic hydroxyl groups is 2. The Labute approximate surface area is 117 Å². The van der Waals surface area contributed by atoms with E-state index < -0.39 is 33.6 Å². The summed E-state index contributed by atoms with van der Waals surface area (Å²) in [7, 11) is 1.03. The van der Waals surface area contributed by atoms with Crippen molar-refractivity contribution >= 4 is 11.7 Å². The molecule has 2 aromatic rings. The monoisotopic (exact) mass is 294 g/mol. The number of nitro groups is 1. The largest absolute Gasteiger partial charge is 0.504 e. The Morgan fingerprint density at radius 3 is 2.62 bits per heavy atom. The van der Waals surface area contributed by atoms with Crippen LogP contribution in [-0.4, -0.2) is 33.2 Å². The molecule has 1 aromatic carbocycles. The van der Waals surface area contributed by atoms with Crippen LogP contribution in [0.2, 0.25) is 0 Å². The van der Waals surface area contributed by atoms with Crippen LogP contribution in [0.3, 0.4) is 0 Å². The van der Waals surface area contributed by atoms with Crippen molar-refractivity contribution in [3.8, 4) is 23.0 Å². The zero-order valence-electron chi connectivity index (χ0n) is 11.0. The predicted molar refractivity (Wildman–Crippen MR) is 68.0 cm³/mol. The summed E-state index contributed by atoms with van der Waals surface area (Å²) in [4.78, 5) is 25.7. The second-order valence-electron chi connectivity index (χ2n) is 4.04. The maximum atomic E-state index is 11.8. The third-order valence-electron chi connectivity index (χ3n) is 2.68. The Morgan fingerprint density at radius 2 is 2.14 bits per heavy atom. The highest BCUT2D eigenvalue weighted by Crippen LogP contribution is 2.43. The molecule has 0 radical (unpaired) electrons. The first-order valence-corrected chi connectivity index (χ1v) is 5.61. The maximum absolute atomic E-state index is 11.8. The molecule has 0 amide bonds. The molecule has 9 heteroatoms. The minimum atomic E-state index is -1.07. The second-order valence-corrected chi connectivity index (χ2v) is 4.04. The third-order valence-corrected chi connectivity index (χ3v) is 2.68. The maximum Gasteiger partial charge on any atom is 0.345 e. The number of phenolic OH excluding ortho intramolecular Hbond substituents is 2. The first-order valence-electron chi connectivity index (χ1n) is 5.61. The number of oxazole rings is 1. The number of carbonyl (C=O) groups excluding carboxylic acids is 1. The number of phenols is 2. The lowest BCUT2D eigenvalue weighted by molar-refractivity contribution is -0.386. The van der Waals surface area contributed by atoms with Gasteiger partial charge in [0.25, 0.3) is 0 Å². The van der Waals surface area contributed by atoms with Crippen LogP contribution in [0.25, 0.3) is 11.5 Å². The number of nitro benzene ring substituents is 1. The Morgan fingerprint density at radius 1 is 1.48 bits per heavy atom. The van der Waals surface area contributed by atoms with Gasteiger partial charge in [0.15, 0.2) is 11.3 Å². The molecule has 0 unspecified atom stereocenters. The van der Waals surface area contributed by atoms with Gasteiger partial charge in [0.05, 0.1) is 23.8 Å². The van der Waals surface area contributed by atoms with Crippen LogP contribution in [0.15, 0.2) is 16.7 Å². The van der Waals surface area contributed by atoms with Gasteiger partial charge in [-0.15, -0.1) is 0 Å².